The van der Waals surface area contributed by atoms with Crippen LogP contribution in [-0.2, 0) is 24.3 Å². The number of benzene rings is 1. The van der Waals surface area contributed by atoms with E-state index in [-0.39, 0.29) is 11.7 Å². The molecule has 0 amide bonds. The van der Waals surface area contributed by atoms with Gasteiger partial charge in [-0.25, -0.2) is 0 Å². The highest BCUT2D eigenvalue weighted by atomic mass is 16.1. The molecular formula is C17H21N3O. The lowest BCUT2D eigenvalue weighted by Gasteiger charge is -2.25. The van der Waals surface area contributed by atoms with Gasteiger partial charge in [0.1, 0.15) is 5.78 Å². The number of Topliss-reactive ketones (excluding diaryl/α,β-unsaturated/α-hetero) is 1. The molecule has 0 saturated carbocycles. The molecule has 110 valence electrons. The summed E-state index contributed by atoms with van der Waals surface area (Å²) in [4.78, 5) is 12.7. The maximum Gasteiger partial charge on any atom is 0.147 e. The van der Waals surface area contributed by atoms with Crippen molar-refractivity contribution >= 4 is 5.78 Å². The van der Waals surface area contributed by atoms with Gasteiger partial charge in [0.25, 0.3) is 0 Å². The number of hydrogen-bond donors (Lipinski definition) is 1. The molecule has 2 aromatic rings. The van der Waals surface area contributed by atoms with E-state index in [2.05, 4.69) is 29.5 Å². The minimum absolute atomic E-state index is 0.0459. The standard InChI is InChI=1S/C17H21N3O/c1-3-20-14(8-12(2)19-20)9-17(21)16-11-18-10-13-6-4-5-7-15(13)16/h4-8,16,18H,3,9-11H2,1-2H3. The number of nitrogens with zero attached hydrogens (tertiary/aromatic N) is 2. The quantitative estimate of drug-likeness (QED) is 0.936. The zero-order valence-electron chi connectivity index (χ0n) is 12.6. The molecule has 3 rings (SSSR count). The van der Waals surface area contributed by atoms with Gasteiger partial charge in [-0.05, 0) is 31.0 Å². The molecule has 0 bridgehead atoms. The first-order chi connectivity index (χ1) is 10.2. The van der Waals surface area contributed by atoms with Crippen LogP contribution in [0.4, 0.5) is 0 Å². The van der Waals surface area contributed by atoms with Gasteiger partial charge < -0.3 is 5.32 Å². The van der Waals surface area contributed by atoms with Gasteiger partial charge in [0.15, 0.2) is 0 Å². The van der Waals surface area contributed by atoms with Crippen molar-refractivity contribution in [1.82, 2.24) is 15.1 Å². The minimum atomic E-state index is -0.0459. The summed E-state index contributed by atoms with van der Waals surface area (Å²) in [6.07, 6.45) is 0.454. The highest BCUT2D eigenvalue weighted by molar-refractivity contribution is 5.88. The van der Waals surface area contributed by atoms with E-state index in [1.54, 1.807) is 0 Å². The molecule has 0 saturated heterocycles. The topological polar surface area (TPSA) is 46.9 Å². The summed E-state index contributed by atoms with van der Waals surface area (Å²) in [5, 5.41) is 7.77. The molecule has 1 aliphatic rings. The van der Waals surface area contributed by atoms with Crippen LogP contribution in [0.25, 0.3) is 0 Å². The molecule has 1 aliphatic heterocycles. The average Bonchev–Trinajstić information content (AvgIpc) is 2.86. The predicted octanol–water partition coefficient (Wildman–Crippen LogP) is 2.21. The lowest BCUT2D eigenvalue weighted by atomic mass is 9.86. The number of aromatic nitrogens is 2. The van der Waals surface area contributed by atoms with Gasteiger partial charge in [-0.1, -0.05) is 24.3 Å². The summed E-state index contributed by atoms with van der Waals surface area (Å²) in [5.41, 5.74) is 4.41. The van der Waals surface area contributed by atoms with Crippen molar-refractivity contribution in [2.24, 2.45) is 0 Å². The van der Waals surface area contributed by atoms with Gasteiger partial charge in [-0.3, -0.25) is 9.48 Å². The summed E-state index contributed by atoms with van der Waals surface area (Å²) in [6, 6.07) is 10.3. The molecule has 0 fully saturated rings. The molecule has 1 aromatic heterocycles. The highest BCUT2D eigenvalue weighted by Crippen LogP contribution is 2.25. The molecule has 21 heavy (non-hydrogen) atoms. The zero-order chi connectivity index (χ0) is 14.8. The van der Waals surface area contributed by atoms with Gasteiger partial charge in [0, 0.05) is 31.7 Å². The van der Waals surface area contributed by atoms with Crippen LogP contribution in [0.5, 0.6) is 0 Å². The minimum Gasteiger partial charge on any atom is -0.312 e. The van der Waals surface area contributed by atoms with Gasteiger partial charge in [0.2, 0.25) is 0 Å². The van der Waals surface area contributed by atoms with Crippen LogP contribution in [0.1, 0.15) is 35.4 Å². The molecule has 4 heteroatoms. The number of aryl methyl sites for hydroxylation is 2. The second-order valence-corrected chi connectivity index (χ2v) is 5.62. The van der Waals surface area contributed by atoms with Gasteiger partial charge >= 0.3 is 0 Å². The molecule has 1 unspecified atom stereocenters. The van der Waals surface area contributed by atoms with E-state index >= 15 is 0 Å². The largest absolute Gasteiger partial charge is 0.312 e. The van der Waals surface area contributed by atoms with Crippen LogP contribution in [0.3, 0.4) is 0 Å². The fourth-order valence-electron chi connectivity index (χ4n) is 3.10. The lowest BCUT2D eigenvalue weighted by molar-refractivity contribution is -0.120. The van der Waals surface area contributed by atoms with Gasteiger partial charge in [-0.15, -0.1) is 0 Å². The molecule has 0 aliphatic carbocycles. The lowest BCUT2D eigenvalue weighted by Crippen LogP contribution is -2.33. The fraction of sp³-hybridized carbons (Fsp3) is 0.412. The van der Waals surface area contributed by atoms with Crippen LogP contribution < -0.4 is 5.32 Å². The van der Waals surface area contributed by atoms with Crippen LogP contribution in [0.15, 0.2) is 30.3 Å². The summed E-state index contributed by atoms with van der Waals surface area (Å²) in [7, 11) is 0. The first-order valence-corrected chi connectivity index (χ1v) is 7.53. The third-order valence-electron chi connectivity index (χ3n) is 4.12. The van der Waals surface area contributed by atoms with E-state index < -0.39 is 0 Å². The van der Waals surface area contributed by atoms with Gasteiger partial charge in [-0.2, -0.15) is 5.10 Å². The van der Waals surface area contributed by atoms with Crippen LogP contribution >= 0.6 is 0 Å². The number of rotatable bonds is 4. The van der Waals surface area contributed by atoms with Crippen molar-refractivity contribution in [1.29, 1.82) is 0 Å². The van der Waals surface area contributed by atoms with Crippen LogP contribution in [0.2, 0.25) is 0 Å². The van der Waals surface area contributed by atoms with E-state index in [4.69, 9.17) is 0 Å². The molecule has 1 N–H and O–H groups in total. The average molecular weight is 283 g/mol. The van der Waals surface area contributed by atoms with E-state index in [0.29, 0.717) is 6.42 Å². The predicted molar refractivity (Wildman–Crippen MR) is 82.2 cm³/mol. The van der Waals surface area contributed by atoms with Crippen molar-refractivity contribution in [3.8, 4) is 0 Å². The number of carbonyl (C=O) groups excluding carboxylic acids is 1. The first kappa shape index (κ1) is 14.0. The summed E-state index contributed by atoms with van der Waals surface area (Å²) in [5.74, 6) is 0.222. The third-order valence-corrected chi connectivity index (χ3v) is 4.12. The first-order valence-electron chi connectivity index (χ1n) is 7.53. The summed E-state index contributed by atoms with van der Waals surface area (Å²) in [6.45, 7) is 6.41. The maximum atomic E-state index is 12.7. The Kier molecular flexibility index (Phi) is 3.88. The molecule has 0 spiro atoms. The van der Waals surface area contributed by atoms with Gasteiger partial charge in [0.05, 0.1) is 11.6 Å². The van der Waals surface area contributed by atoms with E-state index in [1.807, 2.05) is 29.8 Å². The monoisotopic (exact) mass is 283 g/mol. The second-order valence-electron chi connectivity index (χ2n) is 5.62. The number of hydrogen-bond acceptors (Lipinski definition) is 3. The van der Waals surface area contributed by atoms with E-state index in [0.717, 1.165) is 31.0 Å². The van der Waals surface area contributed by atoms with Crippen molar-refractivity contribution in [2.45, 2.75) is 39.3 Å². The Hall–Kier alpha value is -1.94. The normalized spacial score (nSPS) is 17.5. The molecular weight excluding hydrogens is 262 g/mol. The number of fused-ring (bicyclic) bond motifs is 1. The Balaban J connectivity index is 1.83. The Morgan fingerprint density at radius 3 is 3.05 bits per heavy atom. The molecule has 1 atom stereocenters. The smallest absolute Gasteiger partial charge is 0.147 e. The number of ketones is 1. The Morgan fingerprint density at radius 2 is 2.24 bits per heavy atom. The van der Waals surface area contributed by atoms with Crippen molar-refractivity contribution in [3.05, 3.63) is 52.8 Å². The van der Waals surface area contributed by atoms with Crippen molar-refractivity contribution in [3.63, 3.8) is 0 Å². The molecule has 0 radical (unpaired) electrons. The van der Waals surface area contributed by atoms with Crippen molar-refractivity contribution in [2.75, 3.05) is 6.54 Å². The SMILES string of the molecule is CCn1nc(C)cc1CC(=O)C1CNCc2ccccc21. The molecule has 1 aromatic carbocycles. The summed E-state index contributed by atoms with van der Waals surface area (Å²) >= 11 is 0. The Bertz CT molecular complexity index is 660. The maximum absolute atomic E-state index is 12.7. The van der Waals surface area contributed by atoms with Crippen molar-refractivity contribution < 1.29 is 4.79 Å². The molecule has 2 heterocycles. The fourth-order valence-corrected chi connectivity index (χ4v) is 3.10. The van der Waals surface area contributed by atoms with E-state index in [1.165, 1.54) is 11.1 Å². The van der Waals surface area contributed by atoms with Crippen LogP contribution in [-0.4, -0.2) is 22.1 Å². The zero-order valence-corrected chi connectivity index (χ0v) is 12.6. The van der Waals surface area contributed by atoms with Crippen LogP contribution in [0, 0.1) is 6.92 Å². The highest BCUT2D eigenvalue weighted by Gasteiger charge is 2.26. The third kappa shape index (κ3) is 2.76. The summed E-state index contributed by atoms with van der Waals surface area (Å²) < 4.78 is 1.93. The van der Waals surface area contributed by atoms with E-state index in [9.17, 15) is 4.79 Å². The Labute approximate surface area is 125 Å². The Morgan fingerprint density at radius 1 is 1.43 bits per heavy atom. The number of nitrogens with one attached hydrogen (secondary N) is 1. The number of carbonyl (C=O) groups is 1. The second kappa shape index (κ2) is 5.82. The molecule has 4 nitrogen and oxygen atoms in total.